The van der Waals surface area contributed by atoms with E-state index in [9.17, 15) is 13.6 Å². The zero-order valence-corrected chi connectivity index (χ0v) is 17.9. The third-order valence-electron chi connectivity index (χ3n) is 4.87. The van der Waals surface area contributed by atoms with E-state index in [4.69, 9.17) is 4.74 Å². The molecule has 0 atom stereocenters. The zero-order valence-electron chi connectivity index (χ0n) is 16.2. The molecule has 1 aliphatic rings. The van der Waals surface area contributed by atoms with Crippen LogP contribution in [0.1, 0.15) is 16.8 Å². The molecule has 160 valence electrons. The number of thiazole rings is 1. The molecule has 0 bridgehead atoms. The highest BCUT2D eigenvalue weighted by molar-refractivity contribution is 7.22. The molecule has 1 saturated heterocycles. The van der Waals surface area contributed by atoms with Crippen molar-refractivity contribution in [1.82, 2.24) is 9.88 Å². The highest BCUT2D eigenvalue weighted by Gasteiger charge is 2.23. The molecule has 0 N–H and O–H groups in total. The first-order chi connectivity index (χ1) is 14.1. The fourth-order valence-electron chi connectivity index (χ4n) is 3.36. The Morgan fingerprint density at radius 3 is 2.67 bits per heavy atom. The molecule has 0 saturated carbocycles. The first-order valence-corrected chi connectivity index (χ1v) is 10.4. The van der Waals surface area contributed by atoms with E-state index in [1.54, 1.807) is 18.2 Å². The number of hydrogen-bond acceptors (Lipinski definition) is 5. The number of benzene rings is 2. The van der Waals surface area contributed by atoms with Gasteiger partial charge in [0.1, 0.15) is 17.2 Å². The van der Waals surface area contributed by atoms with Gasteiger partial charge in [-0.15, -0.1) is 12.4 Å². The van der Waals surface area contributed by atoms with E-state index < -0.39 is 11.6 Å². The predicted molar refractivity (Wildman–Crippen MR) is 117 cm³/mol. The normalized spacial score (nSPS) is 14.5. The van der Waals surface area contributed by atoms with Crippen LogP contribution in [0, 0.1) is 11.6 Å². The molecule has 4 rings (SSSR count). The van der Waals surface area contributed by atoms with Gasteiger partial charge in [-0.3, -0.25) is 14.6 Å². The van der Waals surface area contributed by atoms with Crippen molar-refractivity contribution in [2.45, 2.75) is 6.42 Å². The van der Waals surface area contributed by atoms with E-state index >= 15 is 0 Å². The van der Waals surface area contributed by atoms with Crippen molar-refractivity contribution in [3.05, 3.63) is 59.7 Å². The number of carbonyl (C=O) groups excluding carboxylic acids is 1. The summed E-state index contributed by atoms with van der Waals surface area (Å²) >= 11 is 1.26. The van der Waals surface area contributed by atoms with Crippen LogP contribution < -0.4 is 4.90 Å². The molecule has 1 aliphatic heterocycles. The summed E-state index contributed by atoms with van der Waals surface area (Å²) in [5.41, 5.74) is 0.494. The van der Waals surface area contributed by atoms with E-state index in [0.717, 1.165) is 26.1 Å². The van der Waals surface area contributed by atoms with Crippen molar-refractivity contribution < 1.29 is 18.3 Å². The largest absolute Gasteiger partial charge is 0.379 e. The third kappa shape index (κ3) is 5.13. The quantitative estimate of drug-likeness (QED) is 0.556. The number of hydrogen-bond donors (Lipinski definition) is 0. The fourth-order valence-corrected chi connectivity index (χ4v) is 4.36. The number of carbonyl (C=O) groups is 1. The van der Waals surface area contributed by atoms with Crippen LogP contribution in [0.2, 0.25) is 0 Å². The van der Waals surface area contributed by atoms with Crippen LogP contribution >= 0.6 is 23.7 Å². The SMILES string of the molecule is Cl.O=C(c1cccc(F)c1)N(CCCN1CCOCC1)c1nc2c(F)cccc2s1. The molecule has 0 spiro atoms. The lowest BCUT2D eigenvalue weighted by Gasteiger charge is -2.27. The highest BCUT2D eigenvalue weighted by atomic mass is 35.5. The number of amides is 1. The maximum absolute atomic E-state index is 14.1. The van der Waals surface area contributed by atoms with Gasteiger partial charge in [0.2, 0.25) is 0 Å². The van der Waals surface area contributed by atoms with Gasteiger partial charge in [0.15, 0.2) is 5.13 Å². The lowest BCUT2D eigenvalue weighted by atomic mass is 10.2. The molecule has 2 heterocycles. The van der Waals surface area contributed by atoms with E-state index in [1.165, 1.54) is 40.5 Å². The molecule has 2 aromatic carbocycles. The standard InChI is InChI=1S/C21H21F2N3O2S.ClH/c22-16-5-1-4-15(14-16)20(27)26(9-3-8-25-10-12-28-13-11-25)21-24-19-17(23)6-2-7-18(19)29-21;/h1-2,4-7,14H,3,8-13H2;1H. The number of rotatable bonds is 6. The summed E-state index contributed by atoms with van der Waals surface area (Å²) in [7, 11) is 0. The topological polar surface area (TPSA) is 45.7 Å². The van der Waals surface area contributed by atoms with Gasteiger partial charge >= 0.3 is 0 Å². The van der Waals surface area contributed by atoms with Crippen LogP contribution in [0.5, 0.6) is 0 Å². The Morgan fingerprint density at radius 1 is 1.17 bits per heavy atom. The van der Waals surface area contributed by atoms with E-state index in [-0.39, 0.29) is 29.4 Å². The van der Waals surface area contributed by atoms with Gasteiger partial charge in [0.05, 0.1) is 17.9 Å². The number of halogens is 3. The van der Waals surface area contributed by atoms with Crippen LogP contribution in [-0.2, 0) is 4.74 Å². The minimum absolute atomic E-state index is 0. The van der Waals surface area contributed by atoms with Crippen molar-refractivity contribution in [3.63, 3.8) is 0 Å². The zero-order chi connectivity index (χ0) is 20.2. The van der Waals surface area contributed by atoms with E-state index in [2.05, 4.69) is 9.88 Å². The number of fused-ring (bicyclic) bond motifs is 1. The number of ether oxygens (including phenoxy) is 1. The molecule has 5 nitrogen and oxygen atoms in total. The van der Waals surface area contributed by atoms with Crippen molar-refractivity contribution >= 4 is 45.0 Å². The van der Waals surface area contributed by atoms with Crippen LogP contribution in [0.15, 0.2) is 42.5 Å². The average molecular weight is 454 g/mol. The second-order valence-corrected chi connectivity index (χ2v) is 7.87. The van der Waals surface area contributed by atoms with Gasteiger partial charge in [-0.1, -0.05) is 23.5 Å². The molecule has 9 heteroatoms. The first-order valence-electron chi connectivity index (χ1n) is 9.54. The number of para-hydroxylation sites is 1. The Kier molecular flexibility index (Phi) is 7.71. The van der Waals surface area contributed by atoms with Gasteiger partial charge in [-0.05, 0) is 36.8 Å². The molecule has 0 unspecified atom stereocenters. The Hall–Kier alpha value is -2.13. The molecular weight excluding hydrogens is 432 g/mol. The molecular formula is C21H22ClF2N3O2S. The Morgan fingerprint density at radius 2 is 1.93 bits per heavy atom. The van der Waals surface area contributed by atoms with E-state index in [0.29, 0.717) is 29.6 Å². The van der Waals surface area contributed by atoms with Gasteiger partial charge < -0.3 is 4.74 Å². The summed E-state index contributed by atoms with van der Waals surface area (Å²) in [5, 5.41) is 0.418. The summed E-state index contributed by atoms with van der Waals surface area (Å²) < 4.78 is 33.8. The lowest BCUT2D eigenvalue weighted by Crippen LogP contribution is -2.39. The molecule has 1 aromatic heterocycles. The van der Waals surface area contributed by atoms with Gasteiger partial charge in [0, 0.05) is 31.7 Å². The molecule has 1 amide bonds. The molecule has 1 fully saturated rings. The fraction of sp³-hybridized carbons (Fsp3) is 0.333. The van der Waals surface area contributed by atoms with Crippen LogP contribution in [-0.4, -0.2) is 55.2 Å². The Balaban J connectivity index is 0.00000256. The maximum Gasteiger partial charge on any atom is 0.260 e. The summed E-state index contributed by atoms with van der Waals surface area (Å²) in [5.74, 6) is -1.23. The second kappa shape index (κ2) is 10.3. The van der Waals surface area contributed by atoms with Gasteiger partial charge in [-0.25, -0.2) is 13.8 Å². The lowest BCUT2D eigenvalue weighted by molar-refractivity contribution is 0.0376. The summed E-state index contributed by atoms with van der Waals surface area (Å²) in [6.45, 7) is 4.38. The molecule has 30 heavy (non-hydrogen) atoms. The smallest absolute Gasteiger partial charge is 0.260 e. The van der Waals surface area contributed by atoms with Gasteiger partial charge in [0.25, 0.3) is 5.91 Å². The van der Waals surface area contributed by atoms with Crippen molar-refractivity contribution in [2.24, 2.45) is 0 Å². The van der Waals surface area contributed by atoms with Crippen molar-refractivity contribution in [1.29, 1.82) is 0 Å². The van der Waals surface area contributed by atoms with E-state index in [1.807, 2.05) is 0 Å². The predicted octanol–water partition coefficient (Wildman–Crippen LogP) is 4.37. The van der Waals surface area contributed by atoms with Crippen molar-refractivity contribution in [2.75, 3.05) is 44.3 Å². The highest BCUT2D eigenvalue weighted by Crippen LogP contribution is 2.31. The molecule has 3 aromatic rings. The number of nitrogens with zero attached hydrogens (tertiary/aromatic N) is 3. The minimum Gasteiger partial charge on any atom is -0.379 e. The second-order valence-electron chi connectivity index (χ2n) is 6.86. The number of morpholine rings is 1. The Labute approximate surface area is 183 Å². The summed E-state index contributed by atoms with van der Waals surface area (Å²) in [4.78, 5) is 21.3. The summed E-state index contributed by atoms with van der Waals surface area (Å²) in [6.07, 6.45) is 0.722. The average Bonchev–Trinajstić information content (AvgIpc) is 3.17. The maximum atomic E-state index is 14.1. The monoisotopic (exact) mass is 453 g/mol. The molecule has 0 aliphatic carbocycles. The first kappa shape index (κ1) is 22.6. The minimum atomic E-state index is -0.473. The molecule has 0 radical (unpaired) electrons. The van der Waals surface area contributed by atoms with Crippen LogP contribution in [0.3, 0.4) is 0 Å². The Bertz CT molecular complexity index is 1010. The number of aromatic nitrogens is 1. The summed E-state index contributed by atoms with van der Waals surface area (Å²) in [6, 6.07) is 10.3. The number of anilines is 1. The van der Waals surface area contributed by atoms with Crippen molar-refractivity contribution in [3.8, 4) is 0 Å². The third-order valence-corrected chi connectivity index (χ3v) is 5.91. The van der Waals surface area contributed by atoms with Crippen LogP contribution in [0.25, 0.3) is 10.2 Å². The van der Waals surface area contributed by atoms with Gasteiger partial charge in [-0.2, -0.15) is 0 Å². The van der Waals surface area contributed by atoms with Crippen LogP contribution in [0.4, 0.5) is 13.9 Å².